The molecule has 9 heteroatoms. The lowest BCUT2D eigenvalue weighted by atomic mass is 10.2. The number of aromatic nitrogens is 1. The van der Waals surface area contributed by atoms with Crippen molar-refractivity contribution in [2.45, 2.75) is 27.1 Å². The van der Waals surface area contributed by atoms with Gasteiger partial charge in [-0.3, -0.25) is 0 Å². The summed E-state index contributed by atoms with van der Waals surface area (Å²) in [5.41, 5.74) is 2.66. The second-order valence-electron chi connectivity index (χ2n) is 7.13. The maximum Gasteiger partial charge on any atom is 0.338 e. The molecule has 8 nitrogen and oxygen atoms in total. The van der Waals surface area contributed by atoms with Crippen LogP contribution in [0.5, 0.6) is 23.0 Å². The number of carbonyl (C=O) groups excluding carboxylic acids is 1. The lowest BCUT2D eigenvalue weighted by molar-refractivity contribution is 0.0471. The second-order valence-corrected chi connectivity index (χ2v) is 7.54. The smallest absolute Gasteiger partial charge is 0.338 e. The molecule has 0 bridgehead atoms. The van der Waals surface area contributed by atoms with Crippen LogP contribution in [-0.2, 0) is 18.0 Å². The van der Waals surface area contributed by atoms with E-state index in [-0.39, 0.29) is 13.2 Å². The molecule has 4 rings (SSSR count). The van der Waals surface area contributed by atoms with Gasteiger partial charge in [0.15, 0.2) is 23.0 Å². The van der Waals surface area contributed by atoms with Crippen LogP contribution < -0.4 is 18.9 Å². The summed E-state index contributed by atoms with van der Waals surface area (Å²) < 4.78 is 32.9. The molecule has 0 fully saturated rings. The number of carbonyl (C=O) groups is 1. The highest BCUT2D eigenvalue weighted by molar-refractivity contribution is 6.32. The van der Waals surface area contributed by atoms with Gasteiger partial charge in [-0.1, -0.05) is 16.8 Å². The number of hydrogen-bond acceptors (Lipinski definition) is 8. The Morgan fingerprint density at radius 1 is 1.09 bits per heavy atom. The summed E-state index contributed by atoms with van der Waals surface area (Å²) in [5, 5.41) is 4.32. The van der Waals surface area contributed by atoms with Crippen molar-refractivity contribution in [3.63, 3.8) is 0 Å². The third-order valence-electron chi connectivity index (χ3n) is 4.98. The van der Waals surface area contributed by atoms with Crippen LogP contribution in [0.15, 0.2) is 34.9 Å². The zero-order valence-corrected chi connectivity index (χ0v) is 18.7. The summed E-state index contributed by atoms with van der Waals surface area (Å²) in [6.07, 6.45) is 0. The van der Waals surface area contributed by atoms with Crippen LogP contribution >= 0.6 is 11.6 Å². The normalized spacial score (nSPS) is 12.4. The molecule has 0 saturated heterocycles. The molecular formula is C23H22ClNO7. The molecule has 2 aromatic carbocycles. The second kappa shape index (κ2) is 9.40. The van der Waals surface area contributed by atoms with Crippen molar-refractivity contribution in [1.29, 1.82) is 0 Å². The average Bonchev–Trinajstić information content (AvgIpc) is 3.13. The summed E-state index contributed by atoms with van der Waals surface area (Å²) in [7, 11) is 1.50. The van der Waals surface area contributed by atoms with E-state index in [1.807, 2.05) is 13.8 Å². The topological polar surface area (TPSA) is 89.3 Å². The van der Waals surface area contributed by atoms with Gasteiger partial charge in [-0.15, -0.1) is 0 Å². The third kappa shape index (κ3) is 4.60. The largest absolute Gasteiger partial charge is 0.493 e. The van der Waals surface area contributed by atoms with Crippen LogP contribution in [-0.4, -0.2) is 31.4 Å². The number of halogens is 1. The molecule has 0 radical (unpaired) electrons. The van der Waals surface area contributed by atoms with Gasteiger partial charge in [-0.2, -0.15) is 0 Å². The van der Waals surface area contributed by atoms with Crippen molar-refractivity contribution in [3.05, 3.63) is 63.5 Å². The Morgan fingerprint density at radius 2 is 1.91 bits per heavy atom. The van der Waals surface area contributed by atoms with Crippen LogP contribution in [0.4, 0.5) is 0 Å². The number of aryl methyl sites for hydroxylation is 2. The Bertz CT molecular complexity index is 1120. The number of ether oxygens (including phenoxy) is 5. The average molecular weight is 460 g/mol. The lowest BCUT2D eigenvalue weighted by Crippen LogP contribution is -2.16. The van der Waals surface area contributed by atoms with Crippen molar-refractivity contribution in [2.75, 3.05) is 20.3 Å². The summed E-state index contributed by atoms with van der Waals surface area (Å²) in [4.78, 5) is 12.6. The highest BCUT2D eigenvalue weighted by Crippen LogP contribution is 2.38. The molecular weight excluding hydrogens is 438 g/mol. The number of nitrogens with zero attached hydrogens (tertiary/aromatic N) is 1. The summed E-state index contributed by atoms with van der Waals surface area (Å²) >= 11 is 6.24. The van der Waals surface area contributed by atoms with E-state index >= 15 is 0 Å². The quantitative estimate of drug-likeness (QED) is 0.471. The molecule has 0 spiro atoms. The van der Waals surface area contributed by atoms with Crippen molar-refractivity contribution in [1.82, 2.24) is 5.16 Å². The highest BCUT2D eigenvalue weighted by Gasteiger charge is 2.18. The SMILES string of the molecule is COc1cc(C(=O)OCc2cc(Cl)c3c(c2)OCCO3)ccc1OCc1c(C)noc1C. The van der Waals surface area contributed by atoms with E-state index in [4.69, 9.17) is 39.8 Å². The van der Waals surface area contributed by atoms with Crippen LogP contribution in [0.1, 0.15) is 32.9 Å². The zero-order chi connectivity index (χ0) is 22.7. The van der Waals surface area contributed by atoms with E-state index in [1.54, 1.807) is 30.3 Å². The lowest BCUT2D eigenvalue weighted by Gasteiger charge is -2.20. The number of fused-ring (bicyclic) bond motifs is 1. The number of esters is 1. The van der Waals surface area contributed by atoms with E-state index in [1.165, 1.54) is 7.11 Å². The maximum atomic E-state index is 12.6. The summed E-state index contributed by atoms with van der Waals surface area (Å²) in [5.74, 6) is 2.13. The first-order valence-corrected chi connectivity index (χ1v) is 10.3. The predicted molar refractivity (Wildman–Crippen MR) is 115 cm³/mol. The molecule has 0 aliphatic carbocycles. The Morgan fingerprint density at radius 3 is 2.66 bits per heavy atom. The molecule has 1 aliphatic heterocycles. The van der Waals surface area contributed by atoms with E-state index in [2.05, 4.69) is 5.16 Å². The number of hydrogen-bond donors (Lipinski definition) is 0. The van der Waals surface area contributed by atoms with Crippen molar-refractivity contribution < 1.29 is 33.0 Å². The first-order valence-electron chi connectivity index (χ1n) is 9.94. The molecule has 0 amide bonds. The van der Waals surface area contributed by atoms with Gasteiger partial charge in [-0.05, 0) is 49.7 Å². The molecule has 168 valence electrons. The van der Waals surface area contributed by atoms with Crippen LogP contribution in [0, 0.1) is 13.8 Å². The van der Waals surface area contributed by atoms with Gasteiger partial charge in [-0.25, -0.2) is 4.79 Å². The highest BCUT2D eigenvalue weighted by atomic mass is 35.5. The standard InChI is InChI=1S/C23H22ClNO7/c1-13-17(14(2)32-25-13)12-30-19-5-4-16(10-20(19)27-3)23(26)31-11-15-8-18(24)22-21(9-15)28-6-7-29-22/h4-5,8-10H,6-7,11-12H2,1-3H3. The van der Waals surface area contributed by atoms with Crippen molar-refractivity contribution in [2.24, 2.45) is 0 Å². The molecule has 3 aromatic rings. The van der Waals surface area contributed by atoms with Gasteiger partial charge in [0, 0.05) is 0 Å². The van der Waals surface area contributed by atoms with Crippen LogP contribution in [0.2, 0.25) is 5.02 Å². The number of methoxy groups -OCH3 is 1. The van der Waals surface area contributed by atoms with Crippen molar-refractivity contribution >= 4 is 17.6 Å². The molecule has 0 unspecified atom stereocenters. The van der Waals surface area contributed by atoms with Crippen LogP contribution in [0.3, 0.4) is 0 Å². The van der Waals surface area contributed by atoms with Crippen molar-refractivity contribution in [3.8, 4) is 23.0 Å². The van der Waals surface area contributed by atoms with E-state index in [0.717, 1.165) is 11.3 Å². The Balaban J connectivity index is 1.42. The molecule has 1 aliphatic rings. The summed E-state index contributed by atoms with van der Waals surface area (Å²) in [6.45, 7) is 4.86. The molecule has 0 saturated carbocycles. The first-order chi connectivity index (χ1) is 15.5. The third-order valence-corrected chi connectivity index (χ3v) is 5.26. The minimum Gasteiger partial charge on any atom is -0.493 e. The van der Waals surface area contributed by atoms with E-state index in [0.29, 0.717) is 58.1 Å². The fourth-order valence-electron chi connectivity index (χ4n) is 3.25. The van der Waals surface area contributed by atoms with Gasteiger partial charge >= 0.3 is 5.97 Å². The van der Waals surface area contributed by atoms with Crippen LogP contribution in [0.25, 0.3) is 0 Å². The van der Waals surface area contributed by atoms with E-state index < -0.39 is 5.97 Å². The fourth-order valence-corrected chi connectivity index (χ4v) is 3.54. The maximum absolute atomic E-state index is 12.6. The van der Waals surface area contributed by atoms with Gasteiger partial charge < -0.3 is 28.2 Å². The predicted octanol–water partition coefficient (Wildman–Crippen LogP) is 4.66. The molecule has 0 N–H and O–H groups in total. The fraction of sp³-hybridized carbons (Fsp3) is 0.304. The minimum absolute atomic E-state index is 0.0296. The molecule has 0 atom stereocenters. The van der Waals surface area contributed by atoms with Gasteiger partial charge in [0.2, 0.25) is 0 Å². The molecule has 2 heterocycles. The number of rotatable bonds is 7. The van der Waals surface area contributed by atoms with Gasteiger partial charge in [0.1, 0.15) is 32.2 Å². The Hall–Kier alpha value is -3.39. The molecule has 32 heavy (non-hydrogen) atoms. The zero-order valence-electron chi connectivity index (χ0n) is 17.9. The Labute approximate surface area is 189 Å². The van der Waals surface area contributed by atoms with Gasteiger partial charge in [0.25, 0.3) is 0 Å². The summed E-state index contributed by atoms with van der Waals surface area (Å²) in [6, 6.07) is 8.29. The van der Waals surface area contributed by atoms with Gasteiger partial charge in [0.05, 0.1) is 29.0 Å². The molecule has 1 aromatic heterocycles. The first kappa shape index (κ1) is 21.8. The minimum atomic E-state index is -0.508. The van der Waals surface area contributed by atoms with E-state index in [9.17, 15) is 4.79 Å². The Kier molecular flexibility index (Phi) is 6.41. The number of benzene rings is 2. The monoisotopic (exact) mass is 459 g/mol.